The highest BCUT2D eigenvalue weighted by atomic mass is 79.9. The average Bonchev–Trinajstić information content (AvgIpc) is 1.97. The van der Waals surface area contributed by atoms with Crippen molar-refractivity contribution in [2.45, 2.75) is 5.88 Å². The third kappa shape index (κ3) is 2.08. The lowest BCUT2D eigenvalue weighted by atomic mass is 10.2. The van der Waals surface area contributed by atoms with Crippen LogP contribution >= 0.6 is 39.1 Å². The van der Waals surface area contributed by atoms with E-state index in [1.165, 1.54) is 6.07 Å². The van der Waals surface area contributed by atoms with Crippen LogP contribution < -0.4 is 0 Å². The molecule has 0 saturated carbocycles. The van der Waals surface area contributed by atoms with Gasteiger partial charge in [-0.15, -0.1) is 11.6 Å². The quantitative estimate of drug-likeness (QED) is 0.527. The zero-order valence-electron chi connectivity index (χ0n) is 5.37. The number of halogens is 4. The van der Waals surface area contributed by atoms with Gasteiger partial charge in [-0.3, -0.25) is 0 Å². The Morgan fingerprint density at radius 1 is 1.45 bits per heavy atom. The maximum absolute atomic E-state index is 12.8. The van der Waals surface area contributed by atoms with E-state index >= 15 is 0 Å². The van der Waals surface area contributed by atoms with Gasteiger partial charge in [0.1, 0.15) is 5.82 Å². The Hall–Kier alpha value is 0.210. The Morgan fingerprint density at radius 2 is 2.09 bits per heavy atom. The SMILES string of the molecule is Fc1cc(Cl)c(Br)cc1CCl. The van der Waals surface area contributed by atoms with Crippen LogP contribution in [0.15, 0.2) is 16.6 Å². The maximum atomic E-state index is 12.8. The lowest BCUT2D eigenvalue weighted by molar-refractivity contribution is 0.616. The fourth-order valence-electron chi connectivity index (χ4n) is 0.666. The first-order chi connectivity index (χ1) is 5.15. The first-order valence-electron chi connectivity index (χ1n) is 2.84. The Morgan fingerprint density at radius 3 is 2.64 bits per heavy atom. The van der Waals surface area contributed by atoms with Gasteiger partial charge in [-0.2, -0.15) is 0 Å². The molecule has 0 N–H and O–H groups in total. The highest BCUT2D eigenvalue weighted by Crippen LogP contribution is 2.26. The van der Waals surface area contributed by atoms with Gasteiger partial charge in [0.05, 0.1) is 10.9 Å². The van der Waals surface area contributed by atoms with E-state index in [-0.39, 0.29) is 11.7 Å². The fourth-order valence-corrected chi connectivity index (χ4v) is 1.41. The van der Waals surface area contributed by atoms with E-state index in [1.807, 2.05) is 0 Å². The van der Waals surface area contributed by atoms with Gasteiger partial charge in [0.25, 0.3) is 0 Å². The van der Waals surface area contributed by atoms with Crippen LogP contribution in [0.25, 0.3) is 0 Å². The summed E-state index contributed by atoms with van der Waals surface area (Å²) in [6.07, 6.45) is 0. The molecule has 0 aliphatic rings. The molecule has 11 heavy (non-hydrogen) atoms. The summed E-state index contributed by atoms with van der Waals surface area (Å²) in [5, 5.41) is 0.358. The summed E-state index contributed by atoms with van der Waals surface area (Å²) in [5.74, 6) is -0.213. The fraction of sp³-hybridized carbons (Fsp3) is 0.143. The molecule has 0 aliphatic carbocycles. The molecule has 0 amide bonds. The van der Waals surface area contributed by atoms with E-state index in [4.69, 9.17) is 23.2 Å². The minimum Gasteiger partial charge on any atom is -0.207 e. The summed E-state index contributed by atoms with van der Waals surface area (Å²) in [4.78, 5) is 0. The van der Waals surface area contributed by atoms with Crippen molar-refractivity contribution in [1.82, 2.24) is 0 Å². The largest absolute Gasteiger partial charge is 0.207 e. The number of benzene rings is 1. The molecule has 4 heteroatoms. The van der Waals surface area contributed by atoms with Crippen LogP contribution in [0.1, 0.15) is 5.56 Å². The molecule has 0 fully saturated rings. The van der Waals surface area contributed by atoms with Crippen molar-refractivity contribution in [2.75, 3.05) is 0 Å². The van der Waals surface area contributed by atoms with Crippen molar-refractivity contribution in [3.63, 3.8) is 0 Å². The van der Waals surface area contributed by atoms with Gasteiger partial charge >= 0.3 is 0 Å². The van der Waals surface area contributed by atoms with Crippen LogP contribution in [-0.4, -0.2) is 0 Å². The van der Waals surface area contributed by atoms with Crippen LogP contribution in [0.4, 0.5) is 4.39 Å². The van der Waals surface area contributed by atoms with Crippen molar-refractivity contribution in [1.29, 1.82) is 0 Å². The molecule has 0 spiro atoms. The van der Waals surface area contributed by atoms with E-state index in [1.54, 1.807) is 6.07 Å². The molecule has 0 bridgehead atoms. The Balaban J connectivity index is 3.21. The van der Waals surface area contributed by atoms with Crippen LogP contribution in [0, 0.1) is 5.82 Å². The van der Waals surface area contributed by atoms with Crippen molar-refractivity contribution < 1.29 is 4.39 Å². The number of alkyl halides is 1. The minimum atomic E-state index is -0.367. The molecular weight excluding hydrogens is 254 g/mol. The number of hydrogen-bond donors (Lipinski definition) is 0. The molecule has 0 radical (unpaired) electrons. The van der Waals surface area contributed by atoms with Gasteiger partial charge < -0.3 is 0 Å². The van der Waals surface area contributed by atoms with E-state index in [0.717, 1.165) is 0 Å². The number of hydrogen-bond acceptors (Lipinski definition) is 0. The molecule has 0 aliphatic heterocycles. The second-order valence-electron chi connectivity index (χ2n) is 1.99. The highest BCUT2D eigenvalue weighted by Gasteiger charge is 2.04. The van der Waals surface area contributed by atoms with E-state index in [0.29, 0.717) is 15.1 Å². The van der Waals surface area contributed by atoms with Crippen LogP contribution in [0.3, 0.4) is 0 Å². The summed E-state index contributed by atoms with van der Waals surface area (Å²) in [5.41, 5.74) is 0.447. The predicted molar refractivity (Wildman–Crippen MR) is 48.7 cm³/mol. The molecule has 0 saturated heterocycles. The molecule has 60 valence electrons. The molecule has 0 atom stereocenters. The minimum absolute atomic E-state index is 0.154. The van der Waals surface area contributed by atoms with Crippen molar-refractivity contribution in [2.24, 2.45) is 0 Å². The van der Waals surface area contributed by atoms with Gasteiger partial charge in [0.15, 0.2) is 0 Å². The smallest absolute Gasteiger partial charge is 0.129 e. The van der Waals surface area contributed by atoms with Crippen molar-refractivity contribution in [3.05, 3.63) is 33.0 Å². The standard InChI is InChI=1S/C7H4BrCl2F/c8-5-1-4(3-9)7(11)2-6(5)10/h1-2H,3H2. The van der Waals surface area contributed by atoms with Gasteiger partial charge in [0, 0.05) is 10.0 Å². The second kappa shape index (κ2) is 3.74. The molecule has 0 aromatic heterocycles. The molecule has 1 aromatic carbocycles. The lowest BCUT2D eigenvalue weighted by Crippen LogP contribution is -1.85. The highest BCUT2D eigenvalue weighted by molar-refractivity contribution is 9.10. The van der Waals surface area contributed by atoms with E-state index < -0.39 is 0 Å². The summed E-state index contributed by atoms with van der Waals surface area (Å²) < 4.78 is 13.5. The van der Waals surface area contributed by atoms with E-state index in [9.17, 15) is 4.39 Å². The predicted octanol–water partition coefficient (Wildman–Crippen LogP) is 3.98. The van der Waals surface area contributed by atoms with Crippen LogP contribution in [0.2, 0.25) is 5.02 Å². The third-order valence-corrected chi connectivity index (χ3v) is 2.72. The van der Waals surface area contributed by atoms with E-state index in [2.05, 4.69) is 15.9 Å². The first-order valence-corrected chi connectivity index (χ1v) is 4.55. The second-order valence-corrected chi connectivity index (χ2v) is 3.52. The average molecular weight is 258 g/mol. The Bertz CT molecular complexity index is 275. The summed E-state index contributed by atoms with van der Waals surface area (Å²) >= 11 is 14.2. The topological polar surface area (TPSA) is 0 Å². The zero-order valence-corrected chi connectivity index (χ0v) is 8.47. The molecule has 1 aromatic rings. The monoisotopic (exact) mass is 256 g/mol. The summed E-state index contributed by atoms with van der Waals surface area (Å²) in [6, 6.07) is 2.81. The van der Waals surface area contributed by atoms with Crippen molar-refractivity contribution in [3.8, 4) is 0 Å². The first kappa shape index (κ1) is 9.30. The molecule has 0 nitrogen and oxygen atoms in total. The normalized spacial score (nSPS) is 10.2. The third-order valence-electron chi connectivity index (χ3n) is 1.23. The van der Waals surface area contributed by atoms with Crippen LogP contribution in [-0.2, 0) is 5.88 Å². The molecule has 1 rings (SSSR count). The lowest BCUT2D eigenvalue weighted by Gasteiger charge is -2.00. The number of rotatable bonds is 1. The van der Waals surface area contributed by atoms with Gasteiger partial charge in [-0.05, 0) is 28.1 Å². The van der Waals surface area contributed by atoms with Crippen LogP contribution in [0.5, 0.6) is 0 Å². The molecular formula is C7H4BrCl2F. The Labute approximate surface area is 82.4 Å². The zero-order chi connectivity index (χ0) is 8.43. The van der Waals surface area contributed by atoms with Gasteiger partial charge in [-0.25, -0.2) is 4.39 Å². The Kier molecular flexibility index (Phi) is 3.16. The summed E-state index contributed by atoms with van der Waals surface area (Å²) in [6.45, 7) is 0. The summed E-state index contributed by atoms with van der Waals surface area (Å²) in [7, 11) is 0. The van der Waals surface area contributed by atoms with Gasteiger partial charge in [0.2, 0.25) is 0 Å². The van der Waals surface area contributed by atoms with Crippen molar-refractivity contribution >= 4 is 39.1 Å². The maximum Gasteiger partial charge on any atom is 0.129 e. The van der Waals surface area contributed by atoms with Gasteiger partial charge in [-0.1, -0.05) is 11.6 Å². The molecule has 0 heterocycles. The molecule has 0 unspecified atom stereocenters.